The lowest BCUT2D eigenvalue weighted by atomic mass is 10.1. The molecule has 0 spiro atoms. The zero-order valence-corrected chi connectivity index (χ0v) is 13.1. The number of hydrogen-bond donors (Lipinski definition) is 2. The van der Waals surface area contributed by atoms with Crippen LogP contribution in [-0.2, 0) is 9.59 Å². The van der Waals surface area contributed by atoms with Crippen LogP contribution < -0.4 is 10.6 Å². The number of carbonyl (C=O) groups excluding carboxylic acids is 2. The molecule has 0 radical (unpaired) electrons. The van der Waals surface area contributed by atoms with Crippen LogP contribution >= 0.6 is 0 Å². The molecule has 6 heteroatoms. The van der Waals surface area contributed by atoms with Gasteiger partial charge in [0.05, 0.1) is 0 Å². The Morgan fingerprint density at radius 2 is 1.74 bits per heavy atom. The van der Waals surface area contributed by atoms with E-state index in [9.17, 15) is 14.9 Å². The van der Waals surface area contributed by atoms with Gasteiger partial charge in [0.2, 0.25) is 5.91 Å². The highest BCUT2D eigenvalue weighted by Gasteiger charge is 2.20. The summed E-state index contributed by atoms with van der Waals surface area (Å²) in [5.74, 6) is -0.362. The highest BCUT2D eigenvalue weighted by Crippen LogP contribution is 2.15. The van der Waals surface area contributed by atoms with Gasteiger partial charge < -0.3 is 15.5 Å². The number of likely N-dealkylation sites (tertiary alicyclic amines) is 1. The maximum absolute atomic E-state index is 12.3. The summed E-state index contributed by atoms with van der Waals surface area (Å²) in [6, 6.07) is 8.98. The number of nitrogens with one attached hydrogen (secondary N) is 2. The number of benzene rings is 1. The van der Waals surface area contributed by atoms with Crippen molar-refractivity contribution in [2.24, 2.45) is 0 Å². The Balaban J connectivity index is 2.00. The fourth-order valence-electron chi connectivity index (χ4n) is 2.42. The summed E-state index contributed by atoms with van der Waals surface area (Å²) in [6.45, 7) is 2.87. The zero-order valence-electron chi connectivity index (χ0n) is 13.1. The SMILES string of the molecule is CC(=O)Nc1ccc(N/C=C(/C#N)C(=O)N2CCCCC2)cc1. The first-order chi connectivity index (χ1) is 11.1. The molecule has 1 fully saturated rings. The molecule has 0 unspecified atom stereocenters. The van der Waals surface area contributed by atoms with Crippen molar-refractivity contribution < 1.29 is 9.59 Å². The molecule has 1 aromatic rings. The largest absolute Gasteiger partial charge is 0.360 e. The Morgan fingerprint density at radius 3 is 2.30 bits per heavy atom. The predicted octanol–water partition coefficient (Wildman–Crippen LogP) is 2.48. The first-order valence-electron chi connectivity index (χ1n) is 7.64. The van der Waals surface area contributed by atoms with E-state index in [0.29, 0.717) is 18.8 Å². The summed E-state index contributed by atoms with van der Waals surface area (Å²) in [6.07, 6.45) is 4.55. The molecule has 1 heterocycles. The summed E-state index contributed by atoms with van der Waals surface area (Å²) in [5.41, 5.74) is 1.52. The van der Waals surface area contributed by atoms with Crippen LogP contribution in [0, 0.1) is 11.3 Å². The maximum atomic E-state index is 12.3. The summed E-state index contributed by atoms with van der Waals surface area (Å²) in [7, 11) is 0. The van der Waals surface area contributed by atoms with E-state index in [2.05, 4.69) is 10.6 Å². The maximum Gasteiger partial charge on any atom is 0.266 e. The van der Waals surface area contributed by atoms with Gasteiger partial charge in [0, 0.05) is 37.6 Å². The van der Waals surface area contributed by atoms with Gasteiger partial charge in [-0.05, 0) is 43.5 Å². The van der Waals surface area contributed by atoms with Gasteiger partial charge in [-0.15, -0.1) is 0 Å². The van der Waals surface area contributed by atoms with Gasteiger partial charge in [0.1, 0.15) is 11.6 Å². The molecule has 0 bridgehead atoms. The molecular formula is C17H20N4O2. The van der Waals surface area contributed by atoms with E-state index in [4.69, 9.17) is 0 Å². The third-order valence-electron chi connectivity index (χ3n) is 3.58. The Hall–Kier alpha value is -2.81. The highest BCUT2D eigenvalue weighted by molar-refractivity contribution is 5.97. The molecule has 1 saturated heterocycles. The van der Waals surface area contributed by atoms with Crippen molar-refractivity contribution in [3.8, 4) is 6.07 Å². The van der Waals surface area contributed by atoms with Crippen molar-refractivity contribution in [1.82, 2.24) is 4.90 Å². The molecule has 6 nitrogen and oxygen atoms in total. The average Bonchev–Trinajstić information content (AvgIpc) is 2.57. The summed E-state index contributed by atoms with van der Waals surface area (Å²) >= 11 is 0. The number of nitriles is 1. The van der Waals surface area contributed by atoms with Crippen molar-refractivity contribution in [2.75, 3.05) is 23.7 Å². The number of anilines is 2. The first kappa shape index (κ1) is 16.6. The molecule has 120 valence electrons. The van der Waals surface area contributed by atoms with Crippen molar-refractivity contribution in [3.05, 3.63) is 36.0 Å². The molecule has 23 heavy (non-hydrogen) atoms. The summed E-state index contributed by atoms with van der Waals surface area (Å²) in [5, 5.41) is 14.8. The molecule has 2 rings (SSSR count). The van der Waals surface area contributed by atoms with Gasteiger partial charge in [-0.1, -0.05) is 0 Å². The molecule has 1 aromatic carbocycles. The molecule has 0 aliphatic carbocycles. The second kappa shape index (κ2) is 7.99. The Morgan fingerprint density at radius 1 is 1.13 bits per heavy atom. The number of piperidine rings is 1. The van der Waals surface area contributed by atoms with Crippen LogP contribution in [0.4, 0.5) is 11.4 Å². The van der Waals surface area contributed by atoms with Crippen LogP contribution in [0.5, 0.6) is 0 Å². The van der Waals surface area contributed by atoms with E-state index >= 15 is 0 Å². The molecule has 2 amide bonds. The minimum Gasteiger partial charge on any atom is -0.360 e. The predicted molar refractivity (Wildman–Crippen MR) is 88.5 cm³/mol. The Kier molecular flexibility index (Phi) is 5.75. The second-order valence-electron chi connectivity index (χ2n) is 5.43. The molecule has 1 aliphatic rings. The molecule has 0 saturated carbocycles. The third kappa shape index (κ3) is 4.85. The van der Waals surface area contributed by atoms with Crippen LogP contribution in [0.15, 0.2) is 36.0 Å². The Bertz CT molecular complexity index is 638. The Labute approximate surface area is 135 Å². The second-order valence-corrected chi connectivity index (χ2v) is 5.43. The normalized spacial score (nSPS) is 14.8. The molecule has 1 aliphatic heterocycles. The van der Waals surface area contributed by atoms with Gasteiger partial charge in [-0.3, -0.25) is 9.59 Å². The number of carbonyl (C=O) groups is 2. The van der Waals surface area contributed by atoms with Gasteiger partial charge in [-0.25, -0.2) is 0 Å². The van der Waals surface area contributed by atoms with Crippen molar-refractivity contribution in [3.63, 3.8) is 0 Å². The van der Waals surface area contributed by atoms with Crippen LogP contribution in [0.2, 0.25) is 0 Å². The number of nitrogens with zero attached hydrogens (tertiary/aromatic N) is 2. The van der Waals surface area contributed by atoms with Crippen molar-refractivity contribution >= 4 is 23.2 Å². The van der Waals surface area contributed by atoms with E-state index in [1.807, 2.05) is 6.07 Å². The average molecular weight is 312 g/mol. The van der Waals surface area contributed by atoms with Crippen LogP contribution in [0.3, 0.4) is 0 Å². The molecular weight excluding hydrogens is 292 g/mol. The van der Waals surface area contributed by atoms with Gasteiger partial charge in [0.25, 0.3) is 5.91 Å². The number of rotatable bonds is 4. The number of hydrogen-bond acceptors (Lipinski definition) is 4. The quantitative estimate of drug-likeness (QED) is 0.660. The van der Waals surface area contributed by atoms with Crippen molar-refractivity contribution in [1.29, 1.82) is 5.26 Å². The molecule has 0 atom stereocenters. The van der Waals surface area contributed by atoms with Gasteiger partial charge in [0.15, 0.2) is 0 Å². The monoisotopic (exact) mass is 312 g/mol. The fraction of sp³-hybridized carbons (Fsp3) is 0.353. The number of amides is 2. The third-order valence-corrected chi connectivity index (χ3v) is 3.58. The minimum absolute atomic E-state index is 0.0952. The first-order valence-corrected chi connectivity index (χ1v) is 7.64. The fourth-order valence-corrected chi connectivity index (χ4v) is 2.42. The van der Waals surface area contributed by atoms with Crippen molar-refractivity contribution in [2.45, 2.75) is 26.2 Å². The highest BCUT2D eigenvalue weighted by atomic mass is 16.2. The van der Waals surface area contributed by atoms with Gasteiger partial charge >= 0.3 is 0 Å². The zero-order chi connectivity index (χ0) is 16.7. The lowest BCUT2D eigenvalue weighted by molar-refractivity contribution is -0.127. The smallest absolute Gasteiger partial charge is 0.266 e. The van der Waals surface area contributed by atoms with E-state index < -0.39 is 0 Å². The van der Waals surface area contributed by atoms with E-state index in [-0.39, 0.29) is 17.4 Å². The topological polar surface area (TPSA) is 85.2 Å². The van der Waals surface area contributed by atoms with Crippen LogP contribution in [-0.4, -0.2) is 29.8 Å². The standard InChI is InChI=1S/C17H20N4O2/c1-13(22)20-16-7-5-15(6-8-16)19-12-14(11-18)17(23)21-9-3-2-4-10-21/h5-8,12,19H,2-4,9-10H2,1H3,(H,20,22)/b14-12-. The lowest BCUT2D eigenvalue weighted by Gasteiger charge is -2.26. The molecule has 2 N–H and O–H groups in total. The van der Waals surface area contributed by atoms with Crippen LogP contribution in [0.25, 0.3) is 0 Å². The van der Waals surface area contributed by atoms with E-state index in [1.54, 1.807) is 29.2 Å². The van der Waals surface area contributed by atoms with E-state index in [0.717, 1.165) is 24.9 Å². The minimum atomic E-state index is -0.227. The van der Waals surface area contributed by atoms with Crippen LogP contribution in [0.1, 0.15) is 26.2 Å². The molecule has 0 aromatic heterocycles. The van der Waals surface area contributed by atoms with Gasteiger partial charge in [-0.2, -0.15) is 5.26 Å². The summed E-state index contributed by atoms with van der Waals surface area (Å²) in [4.78, 5) is 25.0. The van der Waals surface area contributed by atoms with E-state index in [1.165, 1.54) is 13.1 Å². The lowest BCUT2D eigenvalue weighted by Crippen LogP contribution is -2.36. The summed E-state index contributed by atoms with van der Waals surface area (Å²) < 4.78 is 0.